The zero-order chi connectivity index (χ0) is 24.7. The average molecular weight is 527 g/mol. The van der Waals surface area contributed by atoms with E-state index in [0.29, 0.717) is 15.7 Å². The molecule has 34 heavy (non-hydrogen) atoms. The van der Waals surface area contributed by atoms with E-state index in [-0.39, 0.29) is 42.4 Å². The SMILES string of the molecule is COCCN(CCOC)S(=O)(=O)c1ccc(C(=O)Nc2nc(-c3cc([N+](=O)[O-])cs3)cs2)cc1. The van der Waals surface area contributed by atoms with Crippen LogP contribution in [0.4, 0.5) is 10.8 Å². The number of nitrogens with one attached hydrogen (secondary N) is 1. The summed E-state index contributed by atoms with van der Waals surface area (Å²) < 4.78 is 37.2. The molecule has 0 radical (unpaired) electrons. The van der Waals surface area contributed by atoms with Crippen molar-refractivity contribution in [1.82, 2.24) is 9.29 Å². The average Bonchev–Trinajstić information content (AvgIpc) is 3.49. The van der Waals surface area contributed by atoms with Crippen LogP contribution in [-0.4, -0.2) is 69.1 Å². The van der Waals surface area contributed by atoms with Gasteiger partial charge >= 0.3 is 0 Å². The van der Waals surface area contributed by atoms with E-state index in [0.717, 1.165) is 0 Å². The van der Waals surface area contributed by atoms with Crippen molar-refractivity contribution in [2.24, 2.45) is 0 Å². The van der Waals surface area contributed by atoms with Crippen molar-refractivity contribution in [2.45, 2.75) is 4.90 Å². The highest BCUT2D eigenvalue weighted by atomic mass is 32.2. The van der Waals surface area contributed by atoms with Gasteiger partial charge in [-0.1, -0.05) is 0 Å². The number of rotatable bonds is 12. The fraction of sp³-hybridized carbons (Fsp3) is 0.300. The lowest BCUT2D eigenvalue weighted by Crippen LogP contribution is -2.36. The molecule has 0 aliphatic rings. The number of benzene rings is 1. The number of anilines is 1. The maximum atomic E-state index is 13.0. The van der Waals surface area contributed by atoms with Crippen molar-refractivity contribution >= 4 is 49.4 Å². The Kier molecular flexibility index (Phi) is 8.82. The van der Waals surface area contributed by atoms with Gasteiger partial charge in [0, 0.05) is 44.3 Å². The van der Waals surface area contributed by atoms with Crippen LogP contribution in [0.15, 0.2) is 46.0 Å². The predicted octanol–water partition coefficient (Wildman–Crippen LogP) is 3.32. The third kappa shape index (κ3) is 6.22. The summed E-state index contributed by atoms with van der Waals surface area (Å²) in [5.41, 5.74) is 0.756. The Hall–Kier alpha value is -2.75. The molecule has 0 spiro atoms. The van der Waals surface area contributed by atoms with Crippen LogP contribution in [0.3, 0.4) is 0 Å². The van der Waals surface area contributed by atoms with Crippen LogP contribution < -0.4 is 5.32 Å². The van der Waals surface area contributed by atoms with Crippen LogP contribution >= 0.6 is 22.7 Å². The van der Waals surface area contributed by atoms with Crippen molar-refractivity contribution < 1.29 is 27.6 Å². The minimum atomic E-state index is -3.79. The zero-order valence-electron chi connectivity index (χ0n) is 18.3. The largest absolute Gasteiger partial charge is 0.383 e. The topological polar surface area (TPSA) is 141 Å². The number of hydrogen-bond acceptors (Lipinski definition) is 10. The predicted molar refractivity (Wildman–Crippen MR) is 129 cm³/mol. The summed E-state index contributed by atoms with van der Waals surface area (Å²) >= 11 is 2.37. The first kappa shape index (κ1) is 25.9. The third-order valence-electron chi connectivity index (χ3n) is 4.62. The molecule has 14 heteroatoms. The lowest BCUT2D eigenvalue weighted by atomic mass is 10.2. The first-order valence-corrected chi connectivity index (χ1v) is 13.0. The highest BCUT2D eigenvalue weighted by Crippen LogP contribution is 2.33. The number of nitro groups is 1. The van der Waals surface area contributed by atoms with Crippen molar-refractivity contribution in [3.05, 3.63) is 56.8 Å². The van der Waals surface area contributed by atoms with Crippen LogP contribution in [0.25, 0.3) is 10.6 Å². The van der Waals surface area contributed by atoms with Crippen LogP contribution in [-0.2, 0) is 19.5 Å². The highest BCUT2D eigenvalue weighted by Gasteiger charge is 2.24. The van der Waals surface area contributed by atoms with Crippen molar-refractivity contribution in [2.75, 3.05) is 45.8 Å². The molecule has 1 aromatic carbocycles. The van der Waals surface area contributed by atoms with Gasteiger partial charge in [0.2, 0.25) is 10.0 Å². The number of thiophene rings is 1. The Bertz CT molecular complexity index is 1230. The number of nitrogens with zero attached hydrogens (tertiary/aromatic N) is 3. The summed E-state index contributed by atoms with van der Waals surface area (Å²) in [7, 11) is -0.813. The number of aromatic nitrogens is 1. The van der Waals surface area contributed by atoms with E-state index in [1.807, 2.05) is 0 Å². The van der Waals surface area contributed by atoms with E-state index < -0.39 is 20.9 Å². The van der Waals surface area contributed by atoms with Gasteiger partial charge in [0.25, 0.3) is 11.6 Å². The van der Waals surface area contributed by atoms with Crippen LogP contribution in [0.1, 0.15) is 10.4 Å². The van der Waals surface area contributed by atoms with Gasteiger partial charge < -0.3 is 9.47 Å². The van der Waals surface area contributed by atoms with E-state index in [1.165, 1.54) is 76.9 Å². The number of hydrogen-bond donors (Lipinski definition) is 1. The van der Waals surface area contributed by atoms with Crippen molar-refractivity contribution in [1.29, 1.82) is 0 Å². The smallest absolute Gasteiger partial charge is 0.280 e. The van der Waals surface area contributed by atoms with Gasteiger partial charge in [-0.15, -0.1) is 22.7 Å². The van der Waals surface area contributed by atoms with Crippen LogP contribution in [0.2, 0.25) is 0 Å². The van der Waals surface area contributed by atoms with Crippen molar-refractivity contribution in [3.63, 3.8) is 0 Å². The number of carbonyl (C=O) groups is 1. The molecule has 0 aliphatic carbocycles. The fourth-order valence-electron chi connectivity index (χ4n) is 2.84. The molecule has 0 fully saturated rings. The first-order chi connectivity index (χ1) is 16.3. The molecule has 0 unspecified atom stereocenters. The summed E-state index contributed by atoms with van der Waals surface area (Å²) in [4.78, 5) is 28.0. The van der Waals surface area contributed by atoms with Gasteiger partial charge in [0.1, 0.15) is 0 Å². The van der Waals surface area contributed by atoms with Gasteiger partial charge in [-0.25, -0.2) is 13.4 Å². The van der Waals surface area contributed by atoms with E-state index >= 15 is 0 Å². The van der Waals surface area contributed by atoms with E-state index in [1.54, 1.807) is 5.38 Å². The molecule has 2 aromatic heterocycles. The Balaban J connectivity index is 1.70. The number of sulfonamides is 1. The maximum Gasteiger partial charge on any atom is 0.280 e. The highest BCUT2D eigenvalue weighted by molar-refractivity contribution is 7.89. The Morgan fingerprint density at radius 1 is 1.12 bits per heavy atom. The number of ether oxygens (including phenoxy) is 2. The Morgan fingerprint density at radius 3 is 2.32 bits per heavy atom. The molecule has 1 amide bonds. The minimum Gasteiger partial charge on any atom is -0.383 e. The lowest BCUT2D eigenvalue weighted by molar-refractivity contribution is -0.384. The monoisotopic (exact) mass is 526 g/mol. The summed E-state index contributed by atoms with van der Waals surface area (Å²) in [6.07, 6.45) is 0. The summed E-state index contributed by atoms with van der Waals surface area (Å²) in [6, 6.07) is 7.01. The van der Waals surface area contributed by atoms with Gasteiger partial charge in [0.05, 0.1) is 39.0 Å². The fourth-order valence-corrected chi connectivity index (χ4v) is 5.84. The molecule has 2 heterocycles. The molecule has 0 aliphatic heterocycles. The molecule has 0 atom stereocenters. The molecule has 0 saturated carbocycles. The standard InChI is InChI=1S/C20H22N4O7S3/c1-30-9-7-23(8-10-31-2)34(28,29)16-5-3-14(4-6-16)19(25)22-20-21-17(13-33-20)18-11-15(12-32-18)24(26)27/h3-6,11-13H,7-10H2,1-2H3,(H,21,22,25). The second-order valence-electron chi connectivity index (χ2n) is 6.83. The van der Waals surface area contributed by atoms with E-state index in [2.05, 4.69) is 10.3 Å². The molecule has 0 saturated heterocycles. The van der Waals surface area contributed by atoms with Crippen LogP contribution in [0.5, 0.6) is 0 Å². The van der Waals surface area contributed by atoms with Gasteiger partial charge in [-0.05, 0) is 24.3 Å². The van der Waals surface area contributed by atoms with Gasteiger partial charge in [0.15, 0.2) is 5.13 Å². The molecule has 1 N–H and O–H groups in total. The van der Waals surface area contributed by atoms with Gasteiger partial charge in [-0.3, -0.25) is 20.2 Å². The number of carbonyl (C=O) groups excluding carboxylic acids is 1. The van der Waals surface area contributed by atoms with E-state index in [4.69, 9.17) is 9.47 Å². The molecule has 3 aromatic rings. The Morgan fingerprint density at radius 2 is 1.76 bits per heavy atom. The molecular formula is C20H22N4O7S3. The minimum absolute atomic E-state index is 0.0170. The summed E-state index contributed by atoms with van der Waals surface area (Å²) in [5.74, 6) is -0.461. The van der Waals surface area contributed by atoms with Gasteiger partial charge in [-0.2, -0.15) is 4.31 Å². The van der Waals surface area contributed by atoms with Crippen LogP contribution in [0, 0.1) is 10.1 Å². The van der Waals surface area contributed by atoms with Crippen molar-refractivity contribution in [3.8, 4) is 10.6 Å². The number of thiazole rings is 1. The summed E-state index contributed by atoms with van der Waals surface area (Å²) in [5, 5.41) is 16.9. The molecule has 3 rings (SSSR count). The third-order valence-corrected chi connectivity index (χ3v) is 8.23. The molecule has 182 valence electrons. The quantitative estimate of drug-likeness (QED) is 0.280. The van der Waals surface area contributed by atoms with E-state index in [9.17, 15) is 23.3 Å². The number of amides is 1. The lowest BCUT2D eigenvalue weighted by Gasteiger charge is -2.21. The first-order valence-electron chi connectivity index (χ1n) is 9.84. The summed E-state index contributed by atoms with van der Waals surface area (Å²) in [6.45, 7) is 0.810. The zero-order valence-corrected chi connectivity index (χ0v) is 20.7. The normalized spacial score (nSPS) is 11.6. The maximum absolute atomic E-state index is 13.0. The number of methoxy groups -OCH3 is 2. The second kappa shape index (κ2) is 11.6. The second-order valence-corrected chi connectivity index (χ2v) is 10.5. The molecular weight excluding hydrogens is 504 g/mol. The molecule has 11 nitrogen and oxygen atoms in total. The molecule has 0 bridgehead atoms. The Labute approximate surface area is 204 Å².